The molecule has 19 heavy (non-hydrogen) atoms. The third-order valence-electron chi connectivity index (χ3n) is 3.56. The number of hydrogen-bond acceptors (Lipinski definition) is 2. The molecule has 0 saturated carbocycles. The van der Waals surface area contributed by atoms with Gasteiger partial charge in [-0.05, 0) is 30.2 Å². The van der Waals surface area contributed by atoms with Crippen LogP contribution in [-0.2, 0) is 11.2 Å². The summed E-state index contributed by atoms with van der Waals surface area (Å²) in [6, 6.07) is 5.52. The number of carbonyl (C=O) groups is 2. The van der Waals surface area contributed by atoms with E-state index in [0.29, 0.717) is 12.8 Å². The fraction of sp³-hybridized carbons (Fsp3) is 0.500. The zero-order valence-electron chi connectivity index (χ0n) is 11.5. The molecule has 0 saturated heterocycles. The number of carbonyl (C=O) groups excluding carboxylic acids is 2. The molecule has 1 aromatic rings. The molecule has 102 valence electrons. The van der Waals surface area contributed by atoms with Crippen molar-refractivity contribution in [3.05, 3.63) is 29.3 Å². The highest BCUT2D eigenvalue weighted by Crippen LogP contribution is 2.24. The van der Waals surface area contributed by atoms with Gasteiger partial charge in [-0.2, -0.15) is 0 Å². The normalized spacial score (nSPS) is 13.2. The van der Waals surface area contributed by atoms with Crippen LogP contribution in [0.25, 0.3) is 0 Å². The van der Waals surface area contributed by atoms with Gasteiger partial charge >= 0.3 is 0 Å². The molecule has 0 radical (unpaired) electrons. The fourth-order valence-electron chi connectivity index (χ4n) is 2.44. The molecule has 3 heteroatoms. The Kier molecular flexibility index (Phi) is 4.72. The van der Waals surface area contributed by atoms with Crippen molar-refractivity contribution < 1.29 is 9.59 Å². The van der Waals surface area contributed by atoms with E-state index in [1.807, 2.05) is 18.2 Å². The van der Waals surface area contributed by atoms with Crippen molar-refractivity contribution in [2.45, 2.75) is 51.9 Å². The molecule has 0 fully saturated rings. The van der Waals surface area contributed by atoms with Gasteiger partial charge in [0.05, 0.1) is 6.42 Å². The summed E-state index contributed by atoms with van der Waals surface area (Å²) in [5.74, 6) is 0.206. The number of benzene rings is 1. The van der Waals surface area contributed by atoms with Crippen LogP contribution in [0.4, 0.5) is 5.69 Å². The van der Waals surface area contributed by atoms with Gasteiger partial charge in [0.25, 0.3) is 0 Å². The second-order valence-corrected chi connectivity index (χ2v) is 5.18. The summed E-state index contributed by atoms with van der Waals surface area (Å²) in [7, 11) is 0. The molecule has 1 heterocycles. The summed E-state index contributed by atoms with van der Waals surface area (Å²) in [5, 5.41) is 2.78. The largest absolute Gasteiger partial charge is 0.326 e. The van der Waals surface area contributed by atoms with E-state index in [1.165, 1.54) is 19.3 Å². The van der Waals surface area contributed by atoms with Gasteiger partial charge in [0.15, 0.2) is 5.78 Å². The summed E-state index contributed by atoms with van der Waals surface area (Å²) in [5.41, 5.74) is 2.54. The smallest absolute Gasteiger partial charge is 0.228 e. The van der Waals surface area contributed by atoms with Crippen LogP contribution < -0.4 is 5.32 Å². The predicted molar refractivity (Wildman–Crippen MR) is 76.5 cm³/mol. The summed E-state index contributed by atoms with van der Waals surface area (Å²) < 4.78 is 0. The van der Waals surface area contributed by atoms with Crippen LogP contribution in [0.3, 0.4) is 0 Å². The van der Waals surface area contributed by atoms with Crippen LogP contribution in [-0.4, -0.2) is 11.7 Å². The van der Waals surface area contributed by atoms with Gasteiger partial charge in [-0.1, -0.05) is 32.6 Å². The number of rotatable bonds is 7. The first kappa shape index (κ1) is 13.8. The molecule has 1 amide bonds. The molecule has 0 aliphatic carbocycles. The number of anilines is 1. The molecule has 0 unspecified atom stereocenters. The van der Waals surface area contributed by atoms with E-state index in [1.54, 1.807) is 0 Å². The Balaban J connectivity index is 1.86. The summed E-state index contributed by atoms with van der Waals surface area (Å²) >= 11 is 0. The molecule has 0 atom stereocenters. The molecule has 1 N–H and O–H groups in total. The molecule has 0 aromatic heterocycles. The zero-order valence-corrected chi connectivity index (χ0v) is 11.5. The van der Waals surface area contributed by atoms with Crippen LogP contribution in [0.1, 0.15) is 61.4 Å². The molecule has 3 nitrogen and oxygen atoms in total. The van der Waals surface area contributed by atoms with E-state index in [-0.39, 0.29) is 11.7 Å². The summed E-state index contributed by atoms with van der Waals surface area (Å²) in [6.45, 7) is 2.19. The average Bonchev–Trinajstić information content (AvgIpc) is 2.77. The molecule has 0 spiro atoms. The van der Waals surface area contributed by atoms with Crippen molar-refractivity contribution >= 4 is 17.4 Å². The topological polar surface area (TPSA) is 46.2 Å². The first-order valence-electron chi connectivity index (χ1n) is 7.16. The third-order valence-corrected chi connectivity index (χ3v) is 3.56. The summed E-state index contributed by atoms with van der Waals surface area (Å²) in [6.07, 6.45) is 6.79. The molecule has 1 aliphatic heterocycles. The van der Waals surface area contributed by atoms with E-state index in [0.717, 1.165) is 29.7 Å². The Bertz CT molecular complexity index is 480. The lowest BCUT2D eigenvalue weighted by Crippen LogP contribution is -2.03. The van der Waals surface area contributed by atoms with E-state index in [4.69, 9.17) is 0 Å². The van der Waals surface area contributed by atoms with Gasteiger partial charge in [0, 0.05) is 17.7 Å². The van der Waals surface area contributed by atoms with Gasteiger partial charge in [-0.25, -0.2) is 0 Å². The number of nitrogens with one attached hydrogen (secondary N) is 1. The van der Waals surface area contributed by atoms with Crippen molar-refractivity contribution in [1.82, 2.24) is 0 Å². The monoisotopic (exact) mass is 259 g/mol. The van der Waals surface area contributed by atoms with Crippen LogP contribution in [0.2, 0.25) is 0 Å². The lowest BCUT2D eigenvalue weighted by molar-refractivity contribution is -0.115. The molecular formula is C16H21NO2. The molecule has 1 aromatic carbocycles. The Morgan fingerprint density at radius 3 is 2.79 bits per heavy atom. The molecule has 1 aliphatic rings. The van der Waals surface area contributed by atoms with Crippen molar-refractivity contribution in [2.24, 2.45) is 0 Å². The average molecular weight is 259 g/mol. The lowest BCUT2D eigenvalue weighted by Gasteiger charge is -2.04. The zero-order chi connectivity index (χ0) is 13.7. The third kappa shape index (κ3) is 3.66. The second kappa shape index (κ2) is 6.50. The van der Waals surface area contributed by atoms with Crippen molar-refractivity contribution in [3.8, 4) is 0 Å². The van der Waals surface area contributed by atoms with Gasteiger partial charge in [0.1, 0.15) is 0 Å². The Morgan fingerprint density at radius 2 is 2.00 bits per heavy atom. The molecular weight excluding hydrogens is 238 g/mol. The van der Waals surface area contributed by atoms with E-state index in [9.17, 15) is 9.59 Å². The Hall–Kier alpha value is -1.64. The van der Waals surface area contributed by atoms with Crippen molar-refractivity contribution in [2.75, 3.05) is 5.32 Å². The van der Waals surface area contributed by atoms with Crippen LogP contribution in [0.15, 0.2) is 18.2 Å². The highest BCUT2D eigenvalue weighted by Gasteiger charge is 2.18. The number of amides is 1. The number of fused-ring (bicyclic) bond motifs is 1. The van der Waals surface area contributed by atoms with Gasteiger partial charge in [0.2, 0.25) is 5.91 Å². The standard InChI is InChI=1S/C16H21NO2/c1-2-3-4-5-6-7-15(18)12-8-9-14-13(10-12)11-16(19)17-14/h8-10H,2-7,11H2,1H3,(H,17,19). The Labute approximate surface area is 114 Å². The van der Waals surface area contributed by atoms with Crippen molar-refractivity contribution in [3.63, 3.8) is 0 Å². The Morgan fingerprint density at radius 1 is 1.21 bits per heavy atom. The predicted octanol–water partition coefficient (Wildman–Crippen LogP) is 3.72. The van der Waals surface area contributed by atoms with Crippen LogP contribution in [0.5, 0.6) is 0 Å². The van der Waals surface area contributed by atoms with Gasteiger partial charge in [-0.15, -0.1) is 0 Å². The second-order valence-electron chi connectivity index (χ2n) is 5.18. The van der Waals surface area contributed by atoms with Crippen LogP contribution >= 0.6 is 0 Å². The summed E-state index contributed by atoms with van der Waals surface area (Å²) in [4.78, 5) is 23.3. The van der Waals surface area contributed by atoms with Crippen molar-refractivity contribution in [1.29, 1.82) is 0 Å². The van der Waals surface area contributed by atoms with E-state index >= 15 is 0 Å². The van der Waals surface area contributed by atoms with Gasteiger partial charge in [-0.3, -0.25) is 9.59 Å². The minimum Gasteiger partial charge on any atom is -0.326 e. The van der Waals surface area contributed by atoms with E-state index < -0.39 is 0 Å². The highest BCUT2D eigenvalue weighted by atomic mass is 16.1. The lowest BCUT2D eigenvalue weighted by atomic mass is 10.0. The quantitative estimate of drug-likeness (QED) is 0.599. The number of Topliss-reactive ketones (excluding diaryl/α,β-unsaturated/α-hetero) is 1. The first-order valence-corrected chi connectivity index (χ1v) is 7.16. The van der Waals surface area contributed by atoms with Gasteiger partial charge < -0.3 is 5.32 Å². The number of ketones is 1. The minimum absolute atomic E-state index is 0.0131. The maximum atomic E-state index is 12.1. The first-order chi connectivity index (χ1) is 9.20. The fourth-order valence-corrected chi connectivity index (χ4v) is 2.44. The van der Waals surface area contributed by atoms with E-state index in [2.05, 4.69) is 12.2 Å². The van der Waals surface area contributed by atoms with Crippen LogP contribution in [0, 0.1) is 0 Å². The molecule has 0 bridgehead atoms. The maximum Gasteiger partial charge on any atom is 0.228 e. The maximum absolute atomic E-state index is 12.1. The highest BCUT2D eigenvalue weighted by molar-refractivity contribution is 6.02. The number of hydrogen-bond donors (Lipinski definition) is 1. The SMILES string of the molecule is CCCCCCCC(=O)c1ccc2c(c1)CC(=O)N2. The molecule has 2 rings (SSSR count). The minimum atomic E-state index is 0.0131. The number of unbranched alkanes of at least 4 members (excludes halogenated alkanes) is 4.